The van der Waals surface area contributed by atoms with Crippen molar-refractivity contribution < 1.29 is 9.18 Å². The van der Waals surface area contributed by atoms with E-state index in [0.717, 1.165) is 30.9 Å². The molecule has 0 radical (unpaired) electrons. The highest BCUT2D eigenvalue weighted by molar-refractivity contribution is 5.74. The van der Waals surface area contributed by atoms with Gasteiger partial charge in [-0.15, -0.1) is 0 Å². The molecular formula is C26H27FN6O. The predicted octanol–water partition coefficient (Wildman–Crippen LogP) is 3.63. The number of carbonyl (C=O) groups excluding carboxylic acids is 1. The number of hydrogen-bond acceptors (Lipinski definition) is 4. The highest BCUT2D eigenvalue weighted by atomic mass is 19.1. The van der Waals surface area contributed by atoms with E-state index in [9.17, 15) is 9.18 Å². The maximum atomic E-state index is 13.9. The number of amides is 2. The Labute approximate surface area is 197 Å². The van der Waals surface area contributed by atoms with Crippen LogP contribution in [0.25, 0.3) is 16.9 Å². The molecule has 2 aromatic carbocycles. The van der Waals surface area contributed by atoms with E-state index in [2.05, 4.69) is 27.3 Å². The van der Waals surface area contributed by atoms with Crippen molar-refractivity contribution in [1.29, 1.82) is 0 Å². The summed E-state index contributed by atoms with van der Waals surface area (Å²) in [6.07, 6.45) is 2.54. The number of benzene rings is 2. The van der Waals surface area contributed by atoms with Crippen molar-refractivity contribution >= 4 is 17.2 Å². The van der Waals surface area contributed by atoms with E-state index in [4.69, 9.17) is 4.98 Å². The van der Waals surface area contributed by atoms with Gasteiger partial charge in [0.2, 0.25) is 0 Å². The van der Waals surface area contributed by atoms with Crippen LogP contribution in [0, 0.1) is 5.82 Å². The summed E-state index contributed by atoms with van der Waals surface area (Å²) in [5, 5.41) is 3.03. The minimum Gasteiger partial charge on any atom is -0.338 e. The third kappa shape index (κ3) is 4.92. The van der Waals surface area contributed by atoms with Crippen LogP contribution in [0.1, 0.15) is 11.4 Å². The lowest BCUT2D eigenvalue weighted by molar-refractivity contribution is 0.133. The lowest BCUT2D eigenvalue weighted by Crippen LogP contribution is -2.51. The fraction of sp³-hybridized carbons (Fsp3) is 0.269. The van der Waals surface area contributed by atoms with E-state index in [0.29, 0.717) is 37.5 Å². The summed E-state index contributed by atoms with van der Waals surface area (Å²) < 4.78 is 15.9. The fourth-order valence-electron chi connectivity index (χ4n) is 4.33. The number of urea groups is 1. The Bertz CT molecular complexity index is 1270. The zero-order chi connectivity index (χ0) is 23.3. The largest absolute Gasteiger partial charge is 0.338 e. The van der Waals surface area contributed by atoms with Gasteiger partial charge in [0.05, 0.1) is 12.2 Å². The quantitative estimate of drug-likeness (QED) is 0.479. The number of pyridine rings is 1. The molecule has 2 aromatic heterocycles. The third-order valence-electron chi connectivity index (χ3n) is 6.11. The summed E-state index contributed by atoms with van der Waals surface area (Å²) in [5.74, 6) is 0.508. The van der Waals surface area contributed by atoms with Crippen molar-refractivity contribution in [3.63, 3.8) is 0 Å². The Balaban J connectivity index is 1.21. The van der Waals surface area contributed by atoms with Crippen molar-refractivity contribution in [2.75, 3.05) is 32.7 Å². The van der Waals surface area contributed by atoms with Crippen molar-refractivity contribution in [2.45, 2.75) is 13.0 Å². The van der Waals surface area contributed by atoms with Gasteiger partial charge < -0.3 is 10.2 Å². The highest BCUT2D eigenvalue weighted by Gasteiger charge is 2.23. The van der Waals surface area contributed by atoms with E-state index in [1.807, 2.05) is 45.9 Å². The van der Waals surface area contributed by atoms with E-state index in [-0.39, 0.29) is 11.8 Å². The zero-order valence-corrected chi connectivity index (χ0v) is 18.9. The predicted molar refractivity (Wildman–Crippen MR) is 129 cm³/mol. The summed E-state index contributed by atoms with van der Waals surface area (Å²) >= 11 is 0. The van der Waals surface area contributed by atoms with Gasteiger partial charge in [0.25, 0.3) is 0 Å². The second kappa shape index (κ2) is 10.0. The number of piperazine rings is 1. The van der Waals surface area contributed by atoms with Crippen LogP contribution < -0.4 is 5.32 Å². The number of nitrogens with one attached hydrogen (secondary N) is 1. The first-order valence-corrected chi connectivity index (χ1v) is 11.5. The average Bonchev–Trinajstić information content (AvgIpc) is 3.23. The van der Waals surface area contributed by atoms with E-state index in [1.165, 1.54) is 17.7 Å². The minimum absolute atomic E-state index is 0.0215. The highest BCUT2D eigenvalue weighted by Crippen LogP contribution is 2.22. The number of imidazole rings is 1. The average molecular weight is 459 g/mol. The van der Waals surface area contributed by atoms with Gasteiger partial charge in [-0.25, -0.2) is 19.2 Å². The van der Waals surface area contributed by atoms with Crippen LogP contribution in [0.5, 0.6) is 0 Å². The van der Waals surface area contributed by atoms with Gasteiger partial charge >= 0.3 is 6.03 Å². The topological polar surface area (TPSA) is 66.3 Å². The Morgan fingerprint density at radius 1 is 0.971 bits per heavy atom. The first kappa shape index (κ1) is 22.0. The van der Waals surface area contributed by atoms with Gasteiger partial charge in [0.15, 0.2) is 5.65 Å². The fourth-order valence-corrected chi connectivity index (χ4v) is 4.33. The molecule has 3 heterocycles. The number of rotatable bonds is 6. The number of hydrogen-bond donors (Lipinski definition) is 1. The Morgan fingerprint density at radius 2 is 1.79 bits per heavy atom. The molecule has 7 nitrogen and oxygen atoms in total. The Hall–Kier alpha value is -3.78. The van der Waals surface area contributed by atoms with Crippen LogP contribution in [0.4, 0.5) is 9.18 Å². The van der Waals surface area contributed by atoms with Crippen molar-refractivity contribution in [1.82, 2.24) is 29.7 Å². The maximum Gasteiger partial charge on any atom is 0.317 e. The molecule has 0 unspecified atom stereocenters. The van der Waals surface area contributed by atoms with Crippen LogP contribution in [0.15, 0.2) is 72.9 Å². The van der Waals surface area contributed by atoms with Gasteiger partial charge in [-0.3, -0.25) is 9.47 Å². The lowest BCUT2D eigenvalue weighted by Gasteiger charge is -2.34. The normalized spacial score (nSPS) is 14.4. The van der Waals surface area contributed by atoms with Crippen LogP contribution in [0.3, 0.4) is 0 Å². The van der Waals surface area contributed by atoms with Crippen molar-refractivity contribution in [3.05, 3.63) is 90.1 Å². The molecule has 5 rings (SSSR count). The molecule has 1 fully saturated rings. The second-order valence-corrected chi connectivity index (χ2v) is 8.42. The van der Waals surface area contributed by atoms with Gasteiger partial charge in [-0.1, -0.05) is 36.4 Å². The van der Waals surface area contributed by atoms with Gasteiger partial charge in [-0.05, 0) is 42.3 Å². The molecule has 0 spiro atoms. The van der Waals surface area contributed by atoms with Crippen LogP contribution in [-0.2, 0) is 13.0 Å². The smallest absolute Gasteiger partial charge is 0.317 e. The molecule has 0 bridgehead atoms. The molecule has 0 atom stereocenters. The molecule has 1 aliphatic rings. The van der Waals surface area contributed by atoms with Gasteiger partial charge in [-0.2, -0.15) is 0 Å². The molecular weight excluding hydrogens is 431 g/mol. The third-order valence-corrected chi connectivity index (χ3v) is 6.11. The molecule has 0 aliphatic carbocycles. The lowest BCUT2D eigenvalue weighted by atomic mass is 10.1. The molecule has 8 heteroatoms. The van der Waals surface area contributed by atoms with Crippen LogP contribution >= 0.6 is 0 Å². The summed E-state index contributed by atoms with van der Waals surface area (Å²) in [6.45, 7) is 3.99. The van der Waals surface area contributed by atoms with Crippen molar-refractivity contribution in [3.8, 4) is 5.69 Å². The number of carbonyl (C=O) groups is 1. The van der Waals surface area contributed by atoms with E-state index >= 15 is 0 Å². The SMILES string of the molecule is O=C(NCCc1ccccc1)N1CCN(Cc2nc3cccnc3n2-c2cccc(F)c2)CC1. The molecule has 1 saturated heterocycles. The minimum atomic E-state index is -0.298. The first-order chi connectivity index (χ1) is 16.7. The standard InChI is InChI=1S/C26H27FN6O/c27-21-8-4-9-22(18-21)33-24(30-23-10-5-12-28-25(23)33)19-31-14-16-32(17-15-31)26(34)29-13-11-20-6-2-1-3-7-20/h1-10,12,18H,11,13-17,19H2,(H,29,34). The number of aromatic nitrogens is 3. The zero-order valence-electron chi connectivity index (χ0n) is 18.9. The number of halogens is 1. The maximum absolute atomic E-state index is 13.9. The Morgan fingerprint density at radius 3 is 2.59 bits per heavy atom. The summed E-state index contributed by atoms with van der Waals surface area (Å²) in [7, 11) is 0. The molecule has 34 heavy (non-hydrogen) atoms. The van der Waals surface area contributed by atoms with Gasteiger partial charge in [0.1, 0.15) is 17.2 Å². The number of fused-ring (bicyclic) bond motifs is 1. The monoisotopic (exact) mass is 458 g/mol. The molecule has 174 valence electrons. The molecule has 1 N–H and O–H groups in total. The first-order valence-electron chi connectivity index (χ1n) is 11.5. The Kier molecular flexibility index (Phi) is 6.49. The second-order valence-electron chi connectivity index (χ2n) is 8.42. The van der Waals surface area contributed by atoms with Gasteiger partial charge in [0, 0.05) is 38.9 Å². The van der Waals surface area contributed by atoms with Crippen molar-refractivity contribution in [2.24, 2.45) is 0 Å². The van der Waals surface area contributed by atoms with E-state index in [1.54, 1.807) is 12.3 Å². The van der Waals surface area contributed by atoms with E-state index < -0.39 is 0 Å². The molecule has 0 saturated carbocycles. The van der Waals surface area contributed by atoms with Crippen LogP contribution in [-0.4, -0.2) is 63.1 Å². The van der Waals surface area contributed by atoms with Crippen LogP contribution in [0.2, 0.25) is 0 Å². The summed E-state index contributed by atoms with van der Waals surface area (Å²) in [4.78, 5) is 26.0. The molecule has 1 aliphatic heterocycles. The molecule has 2 amide bonds. The number of nitrogens with zero attached hydrogens (tertiary/aromatic N) is 5. The summed E-state index contributed by atoms with van der Waals surface area (Å²) in [6, 6.07) is 20.4. The summed E-state index contributed by atoms with van der Waals surface area (Å²) in [5.41, 5.74) is 3.40. The molecule has 4 aromatic rings.